The van der Waals surface area contributed by atoms with E-state index in [4.69, 9.17) is 10.5 Å². The smallest absolute Gasteiger partial charge is 0.172 e. The van der Waals surface area contributed by atoms with Crippen LogP contribution in [0, 0.1) is 29.5 Å². The van der Waals surface area contributed by atoms with E-state index in [0.29, 0.717) is 23.0 Å². The number of halogens is 1. The van der Waals surface area contributed by atoms with Gasteiger partial charge in [-0.15, -0.1) is 0 Å². The molecule has 0 aromatic heterocycles. The van der Waals surface area contributed by atoms with Crippen LogP contribution in [0.5, 0.6) is 5.75 Å². The molecule has 0 heterocycles. The molecule has 6 rings (SSSR count). The van der Waals surface area contributed by atoms with E-state index in [2.05, 4.69) is 0 Å². The van der Waals surface area contributed by atoms with Gasteiger partial charge in [0.15, 0.2) is 11.6 Å². The van der Waals surface area contributed by atoms with E-state index in [1.165, 1.54) is 32.1 Å². The van der Waals surface area contributed by atoms with Gasteiger partial charge in [-0.3, -0.25) is 0 Å². The molecule has 4 aliphatic carbocycles. The molecule has 4 aliphatic rings. The van der Waals surface area contributed by atoms with Crippen molar-refractivity contribution in [3.05, 3.63) is 41.7 Å². The van der Waals surface area contributed by atoms with Gasteiger partial charge in [0.25, 0.3) is 0 Å². The fraction of sp³-hybridized carbons (Fsp3) is 0.565. The van der Waals surface area contributed by atoms with Crippen LogP contribution >= 0.6 is 0 Å². The second kappa shape index (κ2) is 6.18. The highest BCUT2D eigenvalue weighted by molar-refractivity contribution is 5.85. The summed E-state index contributed by atoms with van der Waals surface area (Å²) in [6.45, 7) is 1.61. The van der Waals surface area contributed by atoms with Crippen molar-refractivity contribution in [1.82, 2.24) is 0 Å². The summed E-state index contributed by atoms with van der Waals surface area (Å²) in [6, 6.07) is 9.08. The first-order valence-electron chi connectivity index (χ1n) is 10.2. The van der Waals surface area contributed by atoms with Crippen molar-refractivity contribution in [2.24, 2.45) is 29.4 Å². The summed E-state index contributed by atoms with van der Waals surface area (Å²) in [5.41, 5.74) is 6.08. The average molecular weight is 369 g/mol. The number of ether oxygens (including phenoxy) is 1. The molecule has 3 N–H and O–H groups in total. The van der Waals surface area contributed by atoms with E-state index in [-0.39, 0.29) is 18.5 Å². The number of aliphatic hydroxyl groups excluding tert-OH is 1. The van der Waals surface area contributed by atoms with Gasteiger partial charge >= 0.3 is 0 Å². The molecule has 1 atom stereocenters. The lowest BCUT2D eigenvalue weighted by atomic mass is 9.55. The molecular weight excluding hydrogens is 341 g/mol. The number of hydrogen-bond acceptors (Lipinski definition) is 3. The molecule has 0 saturated heterocycles. The van der Waals surface area contributed by atoms with E-state index < -0.39 is 5.54 Å². The summed E-state index contributed by atoms with van der Waals surface area (Å²) in [4.78, 5) is 0. The lowest BCUT2D eigenvalue weighted by Crippen LogP contribution is -2.50. The third-order valence-electron chi connectivity index (χ3n) is 7.31. The summed E-state index contributed by atoms with van der Waals surface area (Å²) in [5.74, 6) is 3.05. The van der Waals surface area contributed by atoms with Gasteiger partial charge in [0.05, 0.1) is 12.1 Å². The maximum atomic E-state index is 15.2. The van der Waals surface area contributed by atoms with Crippen molar-refractivity contribution in [3.8, 4) is 5.75 Å². The van der Waals surface area contributed by atoms with Crippen molar-refractivity contribution in [2.45, 2.75) is 50.7 Å². The second-order valence-electron chi connectivity index (χ2n) is 9.40. The number of hydrogen-bond donors (Lipinski definition) is 2. The minimum atomic E-state index is -0.833. The zero-order chi connectivity index (χ0) is 18.8. The first-order chi connectivity index (χ1) is 12.9. The third-order valence-corrected chi connectivity index (χ3v) is 7.31. The van der Waals surface area contributed by atoms with Gasteiger partial charge in [0, 0.05) is 5.39 Å². The number of rotatable bonds is 4. The summed E-state index contributed by atoms with van der Waals surface area (Å²) in [7, 11) is 0. The Bertz CT molecular complexity index is 850. The minimum Gasteiger partial charge on any atom is -0.487 e. The Kier molecular flexibility index (Phi) is 3.99. The van der Waals surface area contributed by atoms with Crippen molar-refractivity contribution in [2.75, 3.05) is 6.61 Å². The molecule has 4 saturated carbocycles. The molecule has 2 aromatic carbocycles. The van der Waals surface area contributed by atoms with Crippen molar-refractivity contribution < 1.29 is 14.2 Å². The van der Waals surface area contributed by atoms with Crippen molar-refractivity contribution in [3.63, 3.8) is 0 Å². The average Bonchev–Trinajstić information content (AvgIpc) is 2.65. The van der Waals surface area contributed by atoms with Crippen LogP contribution in [0.4, 0.5) is 4.39 Å². The maximum Gasteiger partial charge on any atom is 0.172 e. The van der Waals surface area contributed by atoms with Gasteiger partial charge in [0.1, 0.15) is 6.10 Å². The summed E-state index contributed by atoms with van der Waals surface area (Å²) in [5, 5.41) is 10.8. The molecule has 0 spiro atoms. The number of benzene rings is 2. The Morgan fingerprint density at radius 2 is 1.74 bits per heavy atom. The van der Waals surface area contributed by atoms with Gasteiger partial charge in [-0.05, 0) is 85.8 Å². The molecule has 4 heteroatoms. The molecule has 0 aliphatic heterocycles. The molecule has 4 bridgehead atoms. The monoisotopic (exact) mass is 369 g/mol. The van der Waals surface area contributed by atoms with Crippen LogP contribution in [0.2, 0.25) is 0 Å². The summed E-state index contributed by atoms with van der Waals surface area (Å²) >= 11 is 0. The Balaban J connectivity index is 1.44. The summed E-state index contributed by atoms with van der Waals surface area (Å²) in [6.07, 6.45) is 6.60. The van der Waals surface area contributed by atoms with Crippen LogP contribution in [-0.2, 0) is 5.54 Å². The zero-order valence-electron chi connectivity index (χ0n) is 15.8. The molecule has 144 valence electrons. The van der Waals surface area contributed by atoms with Crippen molar-refractivity contribution in [1.29, 1.82) is 0 Å². The normalized spacial score (nSPS) is 34.0. The Hall–Kier alpha value is -1.65. The Labute approximate surface area is 159 Å². The van der Waals surface area contributed by atoms with Crippen LogP contribution in [-0.4, -0.2) is 17.8 Å². The van der Waals surface area contributed by atoms with Gasteiger partial charge < -0.3 is 15.6 Å². The molecule has 0 radical (unpaired) electrons. The van der Waals surface area contributed by atoms with Gasteiger partial charge in [0.2, 0.25) is 0 Å². The first-order valence-corrected chi connectivity index (χ1v) is 10.2. The zero-order valence-corrected chi connectivity index (χ0v) is 15.8. The molecule has 2 aromatic rings. The predicted molar refractivity (Wildman–Crippen MR) is 104 cm³/mol. The van der Waals surface area contributed by atoms with Gasteiger partial charge in [-0.2, -0.15) is 0 Å². The highest BCUT2D eigenvalue weighted by atomic mass is 19.1. The quantitative estimate of drug-likeness (QED) is 0.842. The van der Waals surface area contributed by atoms with Crippen LogP contribution in [0.1, 0.15) is 44.6 Å². The van der Waals surface area contributed by atoms with Crippen LogP contribution < -0.4 is 10.5 Å². The standard InChI is InChI=1S/C23H28FNO2/c1-23(25,12-26)18-3-4-19-15(11-18)2-5-20(21(19)24)27-22-16-7-13-6-14(9-16)10-17(22)8-13/h2-5,11,13-14,16-17,22,26H,6-10,12,25H2,1H3/t13?,14?,16?,17?,22?,23-/m0/s1. The number of nitrogens with two attached hydrogens (primary N) is 1. The highest BCUT2D eigenvalue weighted by Crippen LogP contribution is 2.54. The first kappa shape index (κ1) is 17.4. The van der Waals surface area contributed by atoms with E-state index in [0.717, 1.165) is 22.8 Å². The minimum absolute atomic E-state index is 0.158. The van der Waals surface area contributed by atoms with E-state index in [9.17, 15) is 5.11 Å². The molecular formula is C23H28FNO2. The number of aliphatic hydroxyl groups is 1. The molecule has 4 fully saturated rings. The Morgan fingerprint density at radius 1 is 1.07 bits per heavy atom. The molecule has 3 nitrogen and oxygen atoms in total. The predicted octanol–water partition coefficient (Wildman–Crippen LogP) is 4.35. The van der Waals surface area contributed by atoms with Gasteiger partial charge in [-0.25, -0.2) is 4.39 Å². The second-order valence-corrected chi connectivity index (χ2v) is 9.40. The fourth-order valence-corrected chi connectivity index (χ4v) is 6.02. The van der Waals surface area contributed by atoms with E-state index in [1.807, 2.05) is 12.1 Å². The Morgan fingerprint density at radius 3 is 2.37 bits per heavy atom. The van der Waals surface area contributed by atoms with Crippen LogP contribution in [0.3, 0.4) is 0 Å². The lowest BCUT2D eigenvalue weighted by molar-refractivity contribution is -0.0800. The SMILES string of the molecule is C[C@](N)(CO)c1ccc2c(F)c(OC3C4CC5CC(C4)CC3C5)ccc2c1. The van der Waals surface area contributed by atoms with E-state index >= 15 is 4.39 Å². The molecule has 0 amide bonds. The highest BCUT2D eigenvalue weighted by Gasteiger charge is 2.49. The van der Waals surface area contributed by atoms with Crippen LogP contribution in [0.15, 0.2) is 30.3 Å². The van der Waals surface area contributed by atoms with E-state index in [1.54, 1.807) is 25.1 Å². The maximum absolute atomic E-state index is 15.2. The largest absolute Gasteiger partial charge is 0.487 e. The van der Waals surface area contributed by atoms with Crippen LogP contribution in [0.25, 0.3) is 10.8 Å². The number of fused-ring (bicyclic) bond motifs is 1. The van der Waals surface area contributed by atoms with Crippen molar-refractivity contribution >= 4 is 10.8 Å². The topological polar surface area (TPSA) is 55.5 Å². The lowest BCUT2D eigenvalue weighted by Gasteiger charge is -2.53. The fourth-order valence-electron chi connectivity index (χ4n) is 6.02. The third kappa shape index (κ3) is 2.85. The van der Waals surface area contributed by atoms with Gasteiger partial charge in [-0.1, -0.05) is 18.2 Å². The summed E-state index contributed by atoms with van der Waals surface area (Å²) < 4.78 is 21.5. The molecule has 27 heavy (non-hydrogen) atoms. The molecule has 0 unspecified atom stereocenters.